The Morgan fingerprint density at radius 3 is 2.64 bits per heavy atom. The summed E-state index contributed by atoms with van der Waals surface area (Å²) in [5.41, 5.74) is 6.79. The lowest BCUT2D eigenvalue weighted by molar-refractivity contribution is -0.115. The van der Waals surface area contributed by atoms with E-state index in [1.807, 2.05) is 35.7 Å². The zero-order valence-electron chi connectivity index (χ0n) is 14.9. The van der Waals surface area contributed by atoms with Gasteiger partial charge in [0.05, 0.1) is 23.5 Å². The van der Waals surface area contributed by atoms with E-state index in [-0.39, 0.29) is 24.1 Å². The molecule has 0 atom stereocenters. The minimum Gasteiger partial charge on any atom is -0.326 e. The van der Waals surface area contributed by atoms with Gasteiger partial charge in [-0.15, -0.1) is 12.4 Å². The van der Waals surface area contributed by atoms with E-state index in [0.29, 0.717) is 6.42 Å². The van der Waals surface area contributed by atoms with Crippen molar-refractivity contribution in [2.75, 3.05) is 5.32 Å². The number of rotatable bonds is 2. The topological polar surface area (TPSA) is 59.3 Å². The molecule has 140 valence electrons. The first-order chi connectivity index (χ1) is 13.1. The third-order valence-corrected chi connectivity index (χ3v) is 4.84. The Balaban J connectivity index is 0.00000192. The van der Waals surface area contributed by atoms with Gasteiger partial charge in [-0.3, -0.25) is 14.2 Å². The van der Waals surface area contributed by atoms with Gasteiger partial charge in [0, 0.05) is 29.2 Å². The van der Waals surface area contributed by atoms with Gasteiger partial charge in [-0.05, 0) is 48.9 Å². The number of amides is 1. The molecule has 0 saturated heterocycles. The number of imidazole rings is 1. The Bertz CT molecular complexity index is 1220. The number of hydrogen-bond acceptors (Lipinski definition) is 3. The minimum atomic E-state index is -0.288. The molecule has 4 aromatic rings. The molecule has 1 amide bonds. The van der Waals surface area contributed by atoms with Gasteiger partial charge in [0.15, 0.2) is 5.65 Å². The SMILES string of the molecule is Cc1nccn2c(-c3ccc4c(c3)CC(=O)N4)c(-c3ccc(F)cc3)nc12.Cl. The molecule has 0 radical (unpaired) electrons. The summed E-state index contributed by atoms with van der Waals surface area (Å²) in [6.07, 6.45) is 3.97. The van der Waals surface area contributed by atoms with Crippen LogP contribution in [0.3, 0.4) is 0 Å². The highest BCUT2D eigenvalue weighted by molar-refractivity contribution is 6.00. The summed E-state index contributed by atoms with van der Waals surface area (Å²) >= 11 is 0. The molecule has 7 heteroatoms. The predicted molar refractivity (Wildman–Crippen MR) is 108 cm³/mol. The van der Waals surface area contributed by atoms with E-state index in [9.17, 15) is 9.18 Å². The number of halogens is 2. The fourth-order valence-corrected chi connectivity index (χ4v) is 3.56. The second kappa shape index (κ2) is 6.73. The molecule has 1 aliphatic heterocycles. The molecule has 1 N–H and O–H groups in total. The van der Waals surface area contributed by atoms with Crippen molar-refractivity contribution in [3.63, 3.8) is 0 Å². The van der Waals surface area contributed by atoms with Crippen LogP contribution in [0, 0.1) is 12.7 Å². The van der Waals surface area contributed by atoms with Crippen molar-refractivity contribution >= 4 is 29.6 Å². The maximum absolute atomic E-state index is 13.4. The Hall–Kier alpha value is -3.25. The number of hydrogen-bond donors (Lipinski definition) is 1. The normalized spacial score (nSPS) is 12.6. The number of anilines is 1. The van der Waals surface area contributed by atoms with E-state index in [2.05, 4.69) is 10.3 Å². The summed E-state index contributed by atoms with van der Waals surface area (Å²) in [5, 5.41) is 2.86. The summed E-state index contributed by atoms with van der Waals surface area (Å²) in [5.74, 6) is -0.289. The smallest absolute Gasteiger partial charge is 0.228 e. The number of carbonyl (C=O) groups excluding carboxylic acids is 1. The van der Waals surface area contributed by atoms with Crippen LogP contribution in [0.2, 0.25) is 0 Å². The van der Waals surface area contributed by atoms with Gasteiger partial charge < -0.3 is 5.32 Å². The zero-order valence-corrected chi connectivity index (χ0v) is 15.8. The Morgan fingerprint density at radius 1 is 1.11 bits per heavy atom. The molecule has 5 nitrogen and oxygen atoms in total. The molecule has 2 aromatic heterocycles. The highest BCUT2D eigenvalue weighted by atomic mass is 35.5. The maximum atomic E-state index is 13.4. The number of nitrogens with zero attached hydrogens (tertiary/aromatic N) is 3. The maximum Gasteiger partial charge on any atom is 0.228 e. The molecular weight excluding hydrogens is 379 g/mol. The second-order valence-corrected chi connectivity index (χ2v) is 6.62. The van der Waals surface area contributed by atoms with Crippen molar-refractivity contribution in [1.29, 1.82) is 0 Å². The van der Waals surface area contributed by atoms with E-state index in [4.69, 9.17) is 4.98 Å². The van der Waals surface area contributed by atoms with E-state index in [1.165, 1.54) is 12.1 Å². The molecule has 1 aliphatic rings. The van der Waals surface area contributed by atoms with Gasteiger partial charge >= 0.3 is 0 Å². The highest BCUT2D eigenvalue weighted by Crippen LogP contribution is 2.36. The summed E-state index contributed by atoms with van der Waals surface area (Å²) < 4.78 is 15.4. The summed E-state index contributed by atoms with van der Waals surface area (Å²) in [6, 6.07) is 12.2. The van der Waals surface area contributed by atoms with Gasteiger partial charge in [-0.25, -0.2) is 9.37 Å². The Kier molecular flexibility index (Phi) is 4.35. The first-order valence-corrected chi connectivity index (χ1v) is 8.63. The van der Waals surface area contributed by atoms with Crippen molar-refractivity contribution in [1.82, 2.24) is 14.4 Å². The lowest BCUT2D eigenvalue weighted by Crippen LogP contribution is -2.03. The molecule has 28 heavy (non-hydrogen) atoms. The lowest BCUT2D eigenvalue weighted by atomic mass is 10.0. The molecule has 5 rings (SSSR count). The predicted octanol–water partition coefficient (Wildman–Crippen LogP) is 4.43. The second-order valence-electron chi connectivity index (χ2n) is 6.62. The quantitative estimate of drug-likeness (QED) is 0.547. The van der Waals surface area contributed by atoms with Crippen LogP contribution in [0.5, 0.6) is 0 Å². The van der Waals surface area contributed by atoms with E-state index in [1.54, 1.807) is 18.3 Å². The highest BCUT2D eigenvalue weighted by Gasteiger charge is 2.22. The van der Waals surface area contributed by atoms with Gasteiger partial charge in [0.1, 0.15) is 5.82 Å². The molecule has 3 heterocycles. The fourth-order valence-electron chi connectivity index (χ4n) is 3.56. The summed E-state index contributed by atoms with van der Waals surface area (Å²) in [4.78, 5) is 20.8. The van der Waals surface area contributed by atoms with E-state index >= 15 is 0 Å². The van der Waals surface area contributed by atoms with Crippen LogP contribution in [-0.4, -0.2) is 20.3 Å². The molecule has 0 aliphatic carbocycles. The number of carbonyl (C=O) groups is 1. The molecule has 0 bridgehead atoms. The Labute approximate surface area is 166 Å². The number of aryl methyl sites for hydroxylation is 1. The van der Waals surface area contributed by atoms with Crippen LogP contribution in [0.15, 0.2) is 54.9 Å². The monoisotopic (exact) mass is 394 g/mol. The number of benzene rings is 2. The van der Waals surface area contributed by atoms with Gasteiger partial charge in [-0.1, -0.05) is 6.07 Å². The van der Waals surface area contributed by atoms with Crippen molar-refractivity contribution < 1.29 is 9.18 Å². The number of nitrogens with one attached hydrogen (secondary N) is 1. The van der Waals surface area contributed by atoms with Crippen LogP contribution >= 0.6 is 12.4 Å². The minimum absolute atomic E-state index is 0. The van der Waals surface area contributed by atoms with Crippen LogP contribution in [-0.2, 0) is 11.2 Å². The molecule has 0 fully saturated rings. The van der Waals surface area contributed by atoms with Crippen molar-refractivity contribution in [3.05, 3.63) is 71.9 Å². The third kappa shape index (κ3) is 2.82. The summed E-state index contributed by atoms with van der Waals surface area (Å²) in [6.45, 7) is 1.91. The molecule has 0 saturated carbocycles. The van der Waals surface area contributed by atoms with Gasteiger partial charge in [-0.2, -0.15) is 0 Å². The van der Waals surface area contributed by atoms with Crippen LogP contribution in [0.1, 0.15) is 11.3 Å². The fraction of sp³-hybridized carbons (Fsp3) is 0.0952. The van der Waals surface area contributed by atoms with Gasteiger partial charge in [0.2, 0.25) is 5.91 Å². The van der Waals surface area contributed by atoms with Crippen molar-refractivity contribution in [2.45, 2.75) is 13.3 Å². The van der Waals surface area contributed by atoms with Crippen LogP contribution < -0.4 is 5.32 Å². The average Bonchev–Trinajstić information content (AvgIpc) is 3.22. The first kappa shape index (κ1) is 18.1. The van der Waals surface area contributed by atoms with Crippen molar-refractivity contribution in [3.8, 4) is 22.5 Å². The third-order valence-electron chi connectivity index (χ3n) is 4.84. The first-order valence-electron chi connectivity index (χ1n) is 8.63. The van der Waals surface area contributed by atoms with Crippen LogP contribution in [0.4, 0.5) is 10.1 Å². The zero-order chi connectivity index (χ0) is 18.5. The average molecular weight is 395 g/mol. The standard InChI is InChI=1S/C21H15FN4O.ClH/c1-12-21-25-19(13-2-5-16(22)6-3-13)20(26(21)9-8-23-12)14-4-7-17-15(10-14)11-18(27)24-17;/h2-10H,11H2,1H3,(H,24,27);1H. The van der Waals surface area contributed by atoms with Gasteiger partial charge in [0.25, 0.3) is 0 Å². The molecular formula is C21H16ClFN4O. The molecule has 0 spiro atoms. The van der Waals surface area contributed by atoms with E-state index < -0.39 is 0 Å². The van der Waals surface area contributed by atoms with Crippen molar-refractivity contribution in [2.24, 2.45) is 0 Å². The molecule has 2 aromatic carbocycles. The van der Waals surface area contributed by atoms with E-state index in [0.717, 1.165) is 45.1 Å². The largest absolute Gasteiger partial charge is 0.326 e. The summed E-state index contributed by atoms with van der Waals surface area (Å²) in [7, 11) is 0. The lowest BCUT2D eigenvalue weighted by Gasteiger charge is -2.08. The molecule has 0 unspecified atom stereocenters. The number of fused-ring (bicyclic) bond motifs is 2. The van der Waals surface area contributed by atoms with Crippen LogP contribution in [0.25, 0.3) is 28.2 Å². The Morgan fingerprint density at radius 2 is 1.86 bits per heavy atom. The number of aromatic nitrogens is 3.